The number of hydrogen-bond donors (Lipinski definition) is 2. The van der Waals surface area contributed by atoms with Crippen LogP contribution in [0.4, 0.5) is 5.69 Å². The summed E-state index contributed by atoms with van der Waals surface area (Å²) in [5.41, 5.74) is 5.70. The maximum absolute atomic E-state index is 5.37. The number of para-hydroxylation sites is 2. The lowest BCUT2D eigenvalue weighted by molar-refractivity contribution is 0.645. The van der Waals surface area contributed by atoms with Crippen molar-refractivity contribution in [2.45, 2.75) is 26.8 Å². The van der Waals surface area contributed by atoms with E-state index in [4.69, 9.17) is 12.2 Å². The normalized spacial score (nSPS) is 10.8. The number of hydrogen-bond acceptors (Lipinski definition) is 2. The number of imidazole rings is 1. The maximum Gasteiger partial charge on any atom is 0.170 e. The van der Waals surface area contributed by atoms with Gasteiger partial charge in [-0.2, -0.15) is 0 Å². The third kappa shape index (κ3) is 4.11. The number of anilines is 1. The standard InChI is InChI=1S/C19H22N4S/c1-14-10-15(2)12-16(11-14)22-19(24)20-8-5-9-23-13-21-17-6-3-4-7-18(17)23/h3-4,6-7,10-13H,5,8-9H2,1-2H3,(H2,20,22,24). The van der Waals surface area contributed by atoms with Crippen LogP contribution in [-0.4, -0.2) is 21.2 Å². The molecule has 1 aromatic heterocycles. The Balaban J connectivity index is 1.47. The number of nitrogens with one attached hydrogen (secondary N) is 2. The Morgan fingerprint density at radius 2 is 1.88 bits per heavy atom. The second-order valence-electron chi connectivity index (χ2n) is 6.04. The summed E-state index contributed by atoms with van der Waals surface area (Å²) < 4.78 is 2.18. The predicted octanol–water partition coefficient (Wildman–Crippen LogP) is 4.03. The molecule has 3 aromatic rings. The summed E-state index contributed by atoms with van der Waals surface area (Å²) in [6, 6.07) is 14.5. The van der Waals surface area contributed by atoms with Crippen molar-refractivity contribution in [3.63, 3.8) is 0 Å². The quantitative estimate of drug-likeness (QED) is 0.544. The van der Waals surface area contributed by atoms with E-state index in [0.29, 0.717) is 5.11 Å². The van der Waals surface area contributed by atoms with Gasteiger partial charge in [0.05, 0.1) is 17.4 Å². The van der Waals surface area contributed by atoms with Gasteiger partial charge >= 0.3 is 0 Å². The maximum atomic E-state index is 5.37. The number of fused-ring (bicyclic) bond motifs is 1. The lowest BCUT2D eigenvalue weighted by Crippen LogP contribution is -2.29. The van der Waals surface area contributed by atoms with Crippen molar-refractivity contribution < 1.29 is 0 Å². The molecule has 2 aromatic carbocycles. The molecule has 0 amide bonds. The van der Waals surface area contributed by atoms with Gasteiger partial charge in [-0.15, -0.1) is 0 Å². The van der Waals surface area contributed by atoms with E-state index in [-0.39, 0.29) is 0 Å². The lowest BCUT2D eigenvalue weighted by atomic mass is 10.1. The average molecular weight is 338 g/mol. The Morgan fingerprint density at radius 3 is 2.67 bits per heavy atom. The molecule has 0 saturated carbocycles. The highest BCUT2D eigenvalue weighted by atomic mass is 32.1. The van der Waals surface area contributed by atoms with Crippen LogP contribution in [0.15, 0.2) is 48.8 Å². The van der Waals surface area contributed by atoms with Crippen LogP contribution in [0.2, 0.25) is 0 Å². The van der Waals surface area contributed by atoms with E-state index in [1.807, 2.05) is 24.5 Å². The molecule has 124 valence electrons. The fourth-order valence-electron chi connectivity index (χ4n) is 2.86. The van der Waals surface area contributed by atoms with E-state index in [1.165, 1.54) is 16.6 Å². The van der Waals surface area contributed by atoms with Crippen LogP contribution in [0.3, 0.4) is 0 Å². The molecule has 0 radical (unpaired) electrons. The van der Waals surface area contributed by atoms with Gasteiger partial charge in [0.15, 0.2) is 5.11 Å². The monoisotopic (exact) mass is 338 g/mol. The van der Waals surface area contributed by atoms with Crippen LogP contribution in [0.1, 0.15) is 17.5 Å². The van der Waals surface area contributed by atoms with Gasteiger partial charge in [0.2, 0.25) is 0 Å². The van der Waals surface area contributed by atoms with Gasteiger partial charge in [0, 0.05) is 18.8 Å². The molecule has 0 spiro atoms. The zero-order valence-corrected chi connectivity index (χ0v) is 14.9. The van der Waals surface area contributed by atoms with Crippen LogP contribution in [0, 0.1) is 13.8 Å². The fourth-order valence-corrected chi connectivity index (χ4v) is 3.08. The fraction of sp³-hybridized carbons (Fsp3) is 0.263. The summed E-state index contributed by atoms with van der Waals surface area (Å²) in [4.78, 5) is 4.41. The second kappa shape index (κ2) is 7.45. The molecule has 0 atom stereocenters. The van der Waals surface area contributed by atoms with E-state index >= 15 is 0 Å². The van der Waals surface area contributed by atoms with Crippen molar-refractivity contribution in [3.05, 3.63) is 59.9 Å². The van der Waals surface area contributed by atoms with E-state index in [1.54, 1.807) is 0 Å². The van der Waals surface area contributed by atoms with Gasteiger partial charge in [0.25, 0.3) is 0 Å². The molecule has 3 rings (SSSR count). The largest absolute Gasteiger partial charge is 0.362 e. The molecule has 0 unspecified atom stereocenters. The Morgan fingerprint density at radius 1 is 1.12 bits per heavy atom. The minimum Gasteiger partial charge on any atom is -0.362 e. The molecule has 0 aliphatic carbocycles. The van der Waals surface area contributed by atoms with Crippen molar-refractivity contribution in [1.82, 2.24) is 14.9 Å². The van der Waals surface area contributed by atoms with Crippen LogP contribution in [-0.2, 0) is 6.54 Å². The van der Waals surface area contributed by atoms with E-state index in [0.717, 1.165) is 30.7 Å². The summed E-state index contributed by atoms with van der Waals surface area (Å²) in [6.07, 6.45) is 2.88. The van der Waals surface area contributed by atoms with E-state index in [2.05, 4.69) is 58.3 Å². The topological polar surface area (TPSA) is 41.9 Å². The third-order valence-electron chi connectivity index (χ3n) is 3.87. The average Bonchev–Trinajstić information content (AvgIpc) is 2.94. The molecule has 0 fully saturated rings. The molecule has 0 aliphatic heterocycles. The first-order chi connectivity index (χ1) is 11.6. The first-order valence-corrected chi connectivity index (χ1v) is 8.56. The van der Waals surface area contributed by atoms with Crippen molar-refractivity contribution in [3.8, 4) is 0 Å². The number of aryl methyl sites for hydroxylation is 3. The van der Waals surface area contributed by atoms with Crippen molar-refractivity contribution in [2.24, 2.45) is 0 Å². The highest BCUT2D eigenvalue weighted by molar-refractivity contribution is 7.80. The van der Waals surface area contributed by atoms with Gasteiger partial charge in [-0.3, -0.25) is 0 Å². The minimum atomic E-state index is 0.662. The van der Waals surface area contributed by atoms with Crippen LogP contribution >= 0.6 is 12.2 Å². The number of benzene rings is 2. The highest BCUT2D eigenvalue weighted by Crippen LogP contribution is 2.14. The molecular weight excluding hydrogens is 316 g/mol. The smallest absolute Gasteiger partial charge is 0.170 e. The predicted molar refractivity (Wildman–Crippen MR) is 104 cm³/mol. The summed E-state index contributed by atoms with van der Waals surface area (Å²) in [7, 11) is 0. The lowest BCUT2D eigenvalue weighted by Gasteiger charge is -2.12. The summed E-state index contributed by atoms with van der Waals surface area (Å²) >= 11 is 5.37. The van der Waals surface area contributed by atoms with Crippen LogP contribution < -0.4 is 10.6 Å². The SMILES string of the molecule is Cc1cc(C)cc(NC(=S)NCCCn2cnc3ccccc32)c1. The Hall–Kier alpha value is -2.40. The Kier molecular flexibility index (Phi) is 5.11. The highest BCUT2D eigenvalue weighted by Gasteiger charge is 2.02. The molecule has 2 N–H and O–H groups in total. The first kappa shape index (κ1) is 16.5. The van der Waals surface area contributed by atoms with Gasteiger partial charge in [-0.05, 0) is 67.9 Å². The molecule has 0 aliphatic rings. The Bertz CT molecular complexity index is 833. The summed E-state index contributed by atoms with van der Waals surface area (Å²) in [6.45, 7) is 5.91. The van der Waals surface area contributed by atoms with Crippen molar-refractivity contribution in [2.75, 3.05) is 11.9 Å². The molecule has 0 bridgehead atoms. The molecular formula is C19H22N4S. The van der Waals surface area contributed by atoms with E-state index < -0.39 is 0 Å². The second-order valence-corrected chi connectivity index (χ2v) is 6.45. The third-order valence-corrected chi connectivity index (χ3v) is 4.11. The van der Waals surface area contributed by atoms with Gasteiger partial charge in [0.1, 0.15) is 0 Å². The number of nitrogens with zero attached hydrogens (tertiary/aromatic N) is 2. The minimum absolute atomic E-state index is 0.662. The van der Waals surface area contributed by atoms with Gasteiger partial charge in [-0.1, -0.05) is 18.2 Å². The number of thiocarbonyl (C=S) groups is 1. The molecule has 0 saturated heterocycles. The molecule has 1 heterocycles. The first-order valence-electron chi connectivity index (χ1n) is 8.15. The number of rotatable bonds is 5. The zero-order chi connectivity index (χ0) is 16.9. The number of aromatic nitrogens is 2. The van der Waals surface area contributed by atoms with Gasteiger partial charge < -0.3 is 15.2 Å². The molecule has 4 nitrogen and oxygen atoms in total. The summed E-state index contributed by atoms with van der Waals surface area (Å²) in [5, 5.41) is 7.18. The van der Waals surface area contributed by atoms with Crippen molar-refractivity contribution >= 4 is 34.1 Å². The van der Waals surface area contributed by atoms with Crippen LogP contribution in [0.5, 0.6) is 0 Å². The van der Waals surface area contributed by atoms with E-state index in [9.17, 15) is 0 Å². The van der Waals surface area contributed by atoms with Crippen molar-refractivity contribution in [1.29, 1.82) is 0 Å². The van der Waals surface area contributed by atoms with Gasteiger partial charge in [-0.25, -0.2) is 4.98 Å². The molecule has 24 heavy (non-hydrogen) atoms. The zero-order valence-electron chi connectivity index (χ0n) is 14.0. The van der Waals surface area contributed by atoms with Crippen LogP contribution in [0.25, 0.3) is 11.0 Å². The Labute approximate surface area is 147 Å². The summed E-state index contributed by atoms with van der Waals surface area (Å²) in [5.74, 6) is 0. The molecule has 5 heteroatoms.